The molecule has 7 nitrogen and oxygen atoms in total. The molecule has 1 fully saturated rings. The molecule has 32 heavy (non-hydrogen) atoms. The molecule has 3 aromatic rings. The monoisotopic (exact) mass is 452 g/mol. The van der Waals surface area contributed by atoms with Gasteiger partial charge in [-0.15, -0.1) is 10.2 Å². The molecule has 1 aromatic heterocycles. The van der Waals surface area contributed by atoms with E-state index in [0.29, 0.717) is 17.1 Å². The molecule has 2 aromatic carbocycles. The van der Waals surface area contributed by atoms with Crippen molar-refractivity contribution in [2.45, 2.75) is 31.6 Å². The highest BCUT2D eigenvalue weighted by molar-refractivity contribution is 7.92. The number of nitrogens with one attached hydrogen (secondary N) is 1. The molecule has 0 radical (unpaired) electrons. The van der Waals surface area contributed by atoms with Crippen LogP contribution in [0.2, 0.25) is 0 Å². The van der Waals surface area contributed by atoms with Crippen LogP contribution in [0.5, 0.6) is 5.75 Å². The fraction of sp³-hybridized carbons (Fsp3) is 0.333. The number of hydrogen-bond donors (Lipinski definition) is 1. The first kappa shape index (κ1) is 22.1. The molecule has 0 saturated carbocycles. The standard InChI is InChI=1S/C24H28N4O3S/c1-17-11-13-28(14-12-17)24-10-8-21(25-26-24)19-5-4-6-20(16-19)27-32(29,30)23-15-18(2)7-9-22(23)31-3/h4-10,15-17,27H,11-14H2,1-3H3. The molecule has 0 spiro atoms. The van der Waals surface area contributed by atoms with Crippen LogP contribution in [0.4, 0.5) is 11.5 Å². The molecule has 1 aliphatic rings. The number of hydrogen-bond acceptors (Lipinski definition) is 6. The summed E-state index contributed by atoms with van der Waals surface area (Å²) in [6, 6.07) is 16.1. The van der Waals surface area contributed by atoms with Crippen LogP contribution in [-0.2, 0) is 10.0 Å². The van der Waals surface area contributed by atoms with Gasteiger partial charge in [0.2, 0.25) is 0 Å². The molecular formula is C24H28N4O3S. The Labute approximate surface area is 189 Å². The molecule has 2 heterocycles. The fourth-order valence-corrected chi connectivity index (χ4v) is 5.14. The van der Waals surface area contributed by atoms with Crippen molar-refractivity contribution in [3.8, 4) is 17.0 Å². The third-order valence-corrected chi connectivity index (χ3v) is 7.18. The normalized spacial score (nSPS) is 14.9. The summed E-state index contributed by atoms with van der Waals surface area (Å²) in [5, 5.41) is 8.80. The van der Waals surface area contributed by atoms with Crippen molar-refractivity contribution in [2.75, 3.05) is 29.8 Å². The largest absolute Gasteiger partial charge is 0.495 e. The predicted octanol–water partition coefficient (Wildman–Crippen LogP) is 4.50. The van der Waals surface area contributed by atoms with Crippen LogP contribution in [-0.4, -0.2) is 38.8 Å². The first-order valence-corrected chi connectivity index (χ1v) is 12.2. The molecule has 0 atom stereocenters. The van der Waals surface area contributed by atoms with E-state index in [1.54, 1.807) is 30.3 Å². The zero-order valence-electron chi connectivity index (χ0n) is 18.6. The van der Waals surface area contributed by atoms with Gasteiger partial charge in [0.25, 0.3) is 10.0 Å². The Morgan fingerprint density at radius 2 is 1.81 bits per heavy atom. The highest BCUT2D eigenvalue weighted by Crippen LogP contribution is 2.29. The Kier molecular flexibility index (Phi) is 6.32. The van der Waals surface area contributed by atoms with Crippen molar-refractivity contribution >= 4 is 21.5 Å². The second-order valence-corrected chi connectivity index (χ2v) is 9.94. The lowest BCUT2D eigenvalue weighted by atomic mass is 9.99. The quantitative estimate of drug-likeness (QED) is 0.593. The van der Waals surface area contributed by atoms with Gasteiger partial charge in [0.05, 0.1) is 12.8 Å². The van der Waals surface area contributed by atoms with E-state index in [9.17, 15) is 8.42 Å². The van der Waals surface area contributed by atoms with Gasteiger partial charge in [0.1, 0.15) is 10.6 Å². The van der Waals surface area contributed by atoms with Crippen LogP contribution in [0.1, 0.15) is 25.3 Å². The average molecular weight is 453 g/mol. The lowest BCUT2D eigenvalue weighted by molar-refractivity contribution is 0.402. The smallest absolute Gasteiger partial charge is 0.265 e. The maximum atomic E-state index is 13.0. The Balaban J connectivity index is 1.54. The summed E-state index contributed by atoms with van der Waals surface area (Å²) in [6.45, 7) is 6.11. The summed E-state index contributed by atoms with van der Waals surface area (Å²) < 4.78 is 33.9. The van der Waals surface area contributed by atoms with Crippen LogP contribution in [0.15, 0.2) is 59.5 Å². The van der Waals surface area contributed by atoms with Crippen molar-refractivity contribution in [2.24, 2.45) is 5.92 Å². The summed E-state index contributed by atoms with van der Waals surface area (Å²) in [4.78, 5) is 2.36. The van der Waals surface area contributed by atoms with Crippen LogP contribution < -0.4 is 14.4 Å². The van der Waals surface area contributed by atoms with Crippen LogP contribution in [0.25, 0.3) is 11.3 Å². The molecule has 1 saturated heterocycles. The molecule has 0 aliphatic carbocycles. The van der Waals surface area contributed by atoms with Crippen LogP contribution in [0.3, 0.4) is 0 Å². The van der Waals surface area contributed by atoms with Gasteiger partial charge in [-0.2, -0.15) is 0 Å². The van der Waals surface area contributed by atoms with E-state index >= 15 is 0 Å². The summed E-state index contributed by atoms with van der Waals surface area (Å²) in [5.41, 5.74) is 2.75. The third kappa shape index (κ3) is 4.85. The number of anilines is 2. The van der Waals surface area contributed by atoms with Gasteiger partial charge < -0.3 is 9.64 Å². The average Bonchev–Trinajstić information content (AvgIpc) is 2.79. The summed E-state index contributed by atoms with van der Waals surface area (Å²) >= 11 is 0. The molecule has 4 rings (SSSR count). The molecule has 168 valence electrons. The lowest BCUT2D eigenvalue weighted by Crippen LogP contribution is -2.33. The Bertz CT molecular complexity index is 1190. The van der Waals surface area contributed by atoms with E-state index in [-0.39, 0.29) is 4.90 Å². The number of methoxy groups -OCH3 is 1. The molecule has 0 unspecified atom stereocenters. The van der Waals surface area contributed by atoms with E-state index in [1.165, 1.54) is 7.11 Å². The van der Waals surface area contributed by atoms with Crippen LogP contribution >= 0.6 is 0 Å². The number of piperidine rings is 1. The van der Waals surface area contributed by atoms with Gasteiger partial charge in [0, 0.05) is 24.3 Å². The number of aromatic nitrogens is 2. The number of sulfonamides is 1. The van der Waals surface area contributed by atoms with Crippen molar-refractivity contribution in [1.29, 1.82) is 0 Å². The Hall–Kier alpha value is -3.13. The van der Waals surface area contributed by atoms with Crippen molar-refractivity contribution in [3.05, 3.63) is 60.2 Å². The minimum atomic E-state index is -3.82. The number of benzene rings is 2. The lowest BCUT2D eigenvalue weighted by Gasteiger charge is -2.30. The zero-order valence-corrected chi connectivity index (χ0v) is 19.4. The van der Waals surface area contributed by atoms with E-state index in [4.69, 9.17) is 4.74 Å². The van der Waals surface area contributed by atoms with Crippen molar-refractivity contribution in [3.63, 3.8) is 0 Å². The van der Waals surface area contributed by atoms with Crippen molar-refractivity contribution < 1.29 is 13.2 Å². The second kappa shape index (κ2) is 9.16. The first-order chi connectivity index (χ1) is 15.4. The van der Waals surface area contributed by atoms with Gasteiger partial charge in [0.15, 0.2) is 5.82 Å². The molecule has 0 amide bonds. The highest BCUT2D eigenvalue weighted by atomic mass is 32.2. The SMILES string of the molecule is COc1ccc(C)cc1S(=O)(=O)Nc1cccc(-c2ccc(N3CCC(C)CC3)nn2)c1. The zero-order chi connectivity index (χ0) is 22.7. The molecule has 8 heteroatoms. The van der Waals surface area contributed by atoms with Gasteiger partial charge in [-0.25, -0.2) is 8.42 Å². The number of nitrogens with zero attached hydrogens (tertiary/aromatic N) is 3. The Morgan fingerprint density at radius 3 is 2.50 bits per heavy atom. The topological polar surface area (TPSA) is 84.4 Å². The maximum absolute atomic E-state index is 13.0. The first-order valence-electron chi connectivity index (χ1n) is 10.7. The minimum absolute atomic E-state index is 0.102. The van der Waals surface area contributed by atoms with Gasteiger partial charge in [-0.3, -0.25) is 4.72 Å². The molecular weight excluding hydrogens is 424 g/mol. The fourth-order valence-electron chi connectivity index (χ4n) is 3.83. The molecule has 0 bridgehead atoms. The van der Waals surface area contributed by atoms with E-state index in [1.807, 2.05) is 31.2 Å². The Morgan fingerprint density at radius 1 is 1.03 bits per heavy atom. The van der Waals surface area contributed by atoms with E-state index in [2.05, 4.69) is 26.7 Å². The molecule has 1 N–H and O–H groups in total. The van der Waals surface area contributed by atoms with E-state index < -0.39 is 10.0 Å². The molecule has 1 aliphatic heterocycles. The van der Waals surface area contributed by atoms with Crippen LogP contribution in [0, 0.1) is 12.8 Å². The van der Waals surface area contributed by atoms with Crippen molar-refractivity contribution in [1.82, 2.24) is 10.2 Å². The second-order valence-electron chi connectivity index (χ2n) is 8.29. The summed E-state index contributed by atoms with van der Waals surface area (Å²) in [7, 11) is -2.37. The highest BCUT2D eigenvalue weighted by Gasteiger charge is 2.21. The maximum Gasteiger partial charge on any atom is 0.265 e. The predicted molar refractivity (Wildman–Crippen MR) is 127 cm³/mol. The van der Waals surface area contributed by atoms with Gasteiger partial charge >= 0.3 is 0 Å². The third-order valence-electron chi connectivity index (χ3n) is 5.78. The minimum Gasteiger partial charge on any atom is -0.495 e. The number of aryl methyl sites for hydroxylation is 1. The number of rotatable bonds is 6. The summed E-state index contributed by atoms with van der Waals surface area (Å²) in [6.07, 6.45) is 2.33. The van der Waals surface area contributed by atoms with Gasteiger partial charge in [-0.1, -0.05) is 25.1 Å². The summed E-state index contributed by atoms with van der Waals surface area (Å²) in [5.74, 6) is 1.93. The number of ether oxygens (including phenoxy) is 1. The van der Waals surface area contributed by atoms with E-state index in [0.717, 1.165) is 48.8 Å². The van der Waals surface area contributed by atoms with Gasteiger partial charge in [-0.05, 0) is 67.6 Å².